The summed E-state index contributed by atoms with van der Waals surface area (Å²) in [6.07, 6.45) is 1.68. The van der Waals surface area contributed by atoms with Crippen molar-refractivity contribution in [3.63, 3.8) is 0 Å². The molecule has 1 aliphatic rings. The van der Waals surface area contributed by atoms with Gasteiger partial charge < -0.3 is 18.9 Å². The smallest absolute Gasteiger partial charge is 0.363 e. The van der Waals surface area contributed by atoms with Gasteiger partial charge in [-0.1, -0.05) is 42.5 Å². The SMILES string of the molecule is COc1ccccc1OCCOc1cccc(/C=C2\N=C(c3ccccc3)OC2=O)c1. The third-order valence-corrected chi connectivity index (χ3v) is 4.48. The van der Waals surface area contributed by atoms with Crippen LogP contribution in [0.3, 0.4) is 0 Å². The molecule has 0 fully saturated rings. The molecule has 0 saturated carbocycles. The summed E-state index contributed by atoms with van der Waals surface area (Å²) in [4.78, 5) is 16.5. The maximum absolute atomic E-state index is 12.2. The van der Waals surface area contributed by atoms with Crippen LogP contribution in [0.5, 0.6) is 17.2 Å². The van der Waals surface area contributed by atoms with Gasteiger partial charge in [-0.2, -0.15) is 0 Å². The van der Waals surface area contributed by atoms with Gasteiger partial charge in [0, 0.05) is 5.56 Å². The Hall–Kier alpha value is -4.06. The molecule has 1 aliphatic heterocycles. The maximum atomic E-state index is 12.2. The van der Waals surface area contributed by atoms with E-state index >= 15 is 0 Å². The Balaban J connectivity index is 1.38. The number of benzene rings is 3. The zero-order chi connectivity index (χ0) is 21.5. The first-order valence-corrected chi connectivity index (χ1v) is 9.79. The number of rotatable bonds is 8. The van der Waals surface area contributed by atoms with Gasteiger partial charge in [-0.25, -0.2) is 9.79 Å². The van der Waals surface area contributed by atoms with E-state index in [0.29, 0.717) is 36.4 Å². The van der Waals surface area contributed by atoms with Crippen molar-refractivity contribution in [1.82, 2.24) is 0 Å². The van der Waals surface area contributed by atoms with Crippen molar-refractivity contribution >= 4 is 17.9 Å². The van der Waals surface area contributed by atoms with Gasteiger partial charge in [0.1, 0.15) is 19.0 Å². The average molecular weight is 415 g/mol. The molecule has 0 amide bonds. The lowest BCUT2D eigenvalue weighted by Crippen LogP contribution is -2.09. The second-order valence-corrected chi connectivity index (χ2v) is 6.62. The van der Waals surface area contributed by atoms with Crippen molar-refractivity contribution in [1.29, 1.82) is 0 Å². The van der Waals surface area contributed by atoms with E-state index in [0.717, 1.165) is 11.1 Å². The molecule has 0 aromatic heterocycles. The summed E-state index contributed by atoms with van der Waals surface area (Å²) in [5.74, 6) is 1.83. The second-order valence-electron chi connectivity index (χ2n) is 6.62. The molecule has 31 heavy (non-hydrogen) atoms. The van der Waals surface area contributed by atoms with E-state index in [1.165, 1.54) is 0 Å². The molecule has 0 radical (unpaired) electrons. The lowest BCUT2D eigenvalue weighted by molar-refractivity contribution is -0.129. The number of para-hydroxylation sites is 2. The Morgan fingerprint density at radius 2 is 1.61 bits per heavy atom. The fourth-order valence-electron chi connectivity index (χ4n) is 3.01. The summed E-state index contributed by atoms with van der Waals surface area (Å²) >= 11 is 0. The van der Waals surface area contributed by atoms with Crippen LogP contribution >= 0.6 is 0 Å². The molecule has 4 rings (SSSR count). The number of carbonyl (C=O) groups is 1. The van der Waals surface area contributed by atoms with E-state index in [1.807, 2.05) is 78.9 Å². The number of hydrogen-bond acceptors (Lipinski definition) is 6. The fourth-order valence-corrected chi connectivity index (χ4v) is 3.01. The van der Waals surface area contributed by atoms with Crippen LogP contribution in [0.4, 0.5) is 0 Å². The molecule has 0 unspecified atom stereocenters. The third kappa shape index (κ3) is 5.11. The monoisotopic (exact) mass is 415 g/mol. The van der Waals surface area contributed by atoms with Gasteiger partial charge in [-0.15, -0.1) is 0 Å². The molecular weight excluding hydrogens is 394 g/mol. The molecule has 0 aliphatic carbocycles. The summed E-state index contributed by atoms with van der Waals surface area (Å²) in [6, 6.07) is 24.2. The van der Waals surface area contributed by atoms with Crippen molar-refractivity contribution in [2.75, 3.05) is 20.3 Å². The summed E-state index contributed by atoms with van der Waals surface area (Å²) in [6.45, 7) is 0.721. The van der Waals surface area contributed by atoms with E-state index in [2.05, 4.69) is 4.99 Å². The molecule has 3 aromatic rings. The Bertz CT molecular complexity index is 1120. The second kappa shape index (κ2) is 9.63. The molecule has 0 saturated heterocycles. The van der Waals surface area contributed by atoms with E-state index < -0.39 is 5.97 Å². The highest BCUT2D eigenvalue weighted by Crippen LogP contribution is 2.26. The van der Waals surface area contributed by atoms with Crippen LogP contribution in [-0.2, 0) is 9.53 Å². The molecule has 0 N–H and O–H groups in total. The number of nitrogens with zero attached hydrogens (tertiary/aromatic N) is 1. The number of carbonyl (C=O) groups excluding carboxylic acids is 1. The van der Waals surface area contributed by atoms with Gasteiger partial charge in [0.25, 0.3) is 0 Å². The van der Waals surface area contributed by atoms with Crippen molar-refractivity contribution in [2.45, 2.75) is 0 Å². The fraction of sp³-hybridized carbons (Fsp3) is 0.120. The Morgan fingerprint density at radius 3 is 2.42 bits per heavy atom. The van der Waals surface area contributed by atoms with Gasteiger partial charge in [0.15, 0.2) is 17.2 Å². The number of methoxy groups -OCH3 is 1. The first kappa shape index (κ1) is 20.2. The molecule has 6 heteroatoms. The first-order chi connectivity index (χ1) is 15.2. The molecule has 3 aromatic carbocycles. The van der Waals surface area contributed by atoms with Gasteiger partial charge in [0.2, 0.25) is 5.90 Å². The van der Waals surface area contributed by atoms with Crippen molar-refractivity contribution < 1.29 is 23.7 Å². The third-order valence-electron chi connectivity index (χ3n) is 4.48. The van der Waals surface area contributed by atoms with Crippen LogP contribution in [0.2, 0.25) is 0 Å². The normalized spacial score (nSPS) is 14.2. The molecule has 0 atom stereocenters. The van der Waals surface area contributed by atoms with Crippen LogP contribution in [-0.4, -0.2) is 32.2 Å². The summed E-state index contributed by atoms with van der Waals surface area (Å²) in [7, 11) is 1.60. The standard InChI is InChI=1S/C25H21NO5/c1-28-22-12-5-6-13-23(22)30-15-14-29-20-11-7-8-18(16-20)17-21-25(27)31-24(26-21)19-9-3-2-4-10-19/h2-13,16-17H,14-15H2,1H3/b21-17-. The maximum Gasteiger partial charge on any atom is 0.363 e. The molecule has 0 bridgehead atoms. The van der Waals surface area contributed by atoms with Crippen LogP contribution in [0.1, 0.15) is 11.1 Å². The summed E-state index contributed by atoms with van der Waals surface area (Å²) in [5, 5.41) is 0. The van der Waals surface area contributed by atoms with Crippen LogP contribution < -0.4 is 14.2 Å². The molecule has 6 nitrogen and oxygen atoms in total. The largest absolute Gasteiger partial charge is 0.493 e. The Morgan fingerprint density at radius 1 is 0.871 bits per heavy atom. The van der Waals surface area contributed by atoms with Crippen LogP contribution in [0.15, 0.2) is 89.6 Å². The number of esters is 1. The molecule has 0 spiro atoms. The number of hydrogen-bond donors (Lipinski definition) is 0. The lowest BCUT2D eigenvalue weighted by atomic mass is 10.2. The van der Waals surface area contributed by atoms with E-state index in [-0.39, 0.29) is 5.70 Å². The van der Waals surface area contributed by atoms with Gasteiger partial charge in [0.05, 0.1) is 7.11 Å². The Labute approximate surface area is 180 Å². The van der Waals surface area contributed by atoms with Gasteiger partial charge in [-0.05, 0) is 48.0 Å². The highest BCUT2D eigenvalue weighted by Gasteiger charge is 2.23. The van der Waals surface area contributed by atoms with E-state index in [4.69, 9.17) is 18.9 Å². The predicted molar refractivity (Wildman–Crippen MR) is 117 cm³/mol. The lowest BCUT2D eigenvalue weighted by Gasteiger charge is -2.11. The minimum absolute atomic E-state index is 0.246. The molecular formula is C25H21NO5. The zero-order valence-corrected chi connectivity index (χ0v) is 17.0. The molecule has 1 heterocycles. The average Bonchev–Trinajstić information content (AvgIpc) is 3.18. The summed E-state index contributed by atoms with van der Waals surface area (Å²) < 4.78 is 22.0. The van der Waals surface area contributed by atoms with Gasteiger partial charge in [-0.3, -0.25) is 0 Å². The minimum Gasteiger partial charge on any atom is -0.493 e. The van der Waals surface area contributed by atoms with Crippen molar-refractivity contribution in [3.8, 4) is 17.2 Å². The number of aliphatic imine (C=N–C) groups is 1. The zero-order valence-electron chi connectivity index (χ0n) is 17.0. The Kier molecular flexibility index (Phi) is 6.28. The minimum atomic E-state index is -0.476. The number of ether oxygens (including phenoxy) is 4. The van der Waals surface area contributed by atoms with E-state index in [1.54, 1.807) is 13.2 Å². The molecule has 156 valence electrons. The first-order valence-electron chi connectivity index (χ1n) is 9.79. The number of cyclic esters (lactones) is 1. The van der Waals surface area contributed by atoms with Crippen LogP contribution in [0, 0.1) is 0 Å². The van der Waals surface area contributed by atoms with Crippen LogP contribution in [0.25, 0.3) is 6.08 Å². The topological polar surface area (TPSA) is 66.3 Å². The summed E-state index contributed by atoms with van der Waals surface area (Å²) in [5.41, 5.74) is 1.79. The van der Waals surface area contributed by atoms with Crippen molar-refractivity contribution in [3.05, 3.63) is 95.7 Å². The predicted octanol–water partition coefficient (Wildman–Crippen LogP) is 4.50. The van der Waals surface area contributed by atoms with Gasteiger partial charge >= 0.3 is 5.97 Å². The van der Waals surface area contributed by atoms with Crippen molar-refractivity contribution in [2.24, 2.45) is 4.99 Å². The highest BCUT2D eigenvalue weighted by molar-refractivity contribution is 6.12. The highest BCUT2D eigenvalue weighted by atomic mass is 16.6. The van der Waals surface area contributed by atoms with E-state index in [9.17, 15) is 4.79 Å². The quantitative estimate of drug-likeness (QED) is 0.308.